The molecule has 0 aromatic heterocycles. The molecule has 0 heterocycles. The lowest BCUT2D eigenvalue weighted by Gasteiger charge is -2.50. The van der Waals surface area contributed by atoms with Gasteiger partial charge in [0, 0.05) is 17.1 Å². The highest BCUT2D eigenvalue weighted by Gasteiger charge is 2.56. The molecular weight excluding hydrogens is 759 g/mol. The van der Waals surface area contributed by atoms with E-state index in [1.54, 1.807) is 0 Å². The summed E-state index contributed by atoms with van der Waals surface area (Å²) in [5.74, 6) is 0. The zero-order valence-corrected chi connectivity index (χ0v) is 34.8. The Labute approximate surface area is 369 Å². The maximum atomic E-state index is 2.44. The fraction of sp³-hybridized carbons (Fsp3) is 0.0323. The Balaban J connectivity index is 1.04. The molecule has 10 aromatic carbocycles. The van der Waals surface area contributed by atoms with E-state index in [4.69, 9.17) is 0 Å². The van der Waals surface area contributed by atoms with Crippen LogP contribution in [0.3, 0.4) is 0 Å². The first-order valence-electron chi connectivity index (χ1n) is 21.9. The second kappa shape index (κ2) is 14.9. The first-order chi connectivity index (χ1) is 31.3. The van der Waals surface area contributed by atoms with Crippen LogP contribution in [-0.2, 0) is 10.8 Å². The van der Waals surface area contributed by atoms with Gasteiger partial charge in [0.05, 0.1) is 10.8 Å². The van der Waals surface area contributed by atoms with E-state index in [0.29, 0.717) is 0 Å². The summed E-state index contributed by atoms with van der Waals surface area (Å²) in [4.78, 5) is 2.40. The minimum absolute atomic E-state index is 0.529. The van der Waals surface area contributed by atoms with E-state index in [-0.39, 0.29) is 0 Å². The van der Waals surface area contributed by atoms with Crippen molar-refractivity contribution in [2.24, 2.45) is 0 Å². The van der Waals surface area contributed by atoms with Gasteiger partial charge in [0.2, 0.25) is 0 Å². The van der Waals surface area contributed by atoms with E-state index < -0.39 is 10.8 Å². The summed E-state index contributed by atoms with van der Waals surface area (Å²) >= 11 is 0. The molecule has 1 nitrogen and oxygen atoms in total. The van der Waals surface area contributed by atoms with Crippen molar-refractivity contribution in [1.82, 2.24) is 0 Å². The van der Waals surface area contributed by atoms with Crippen molar-refractivity contribution in [3.8, 4) is 33.4 Å². The maximum Gasteiger partial charge on any atom is 0.0720 e. The topological polar surface area (TPSA) is 3.24 Å². The third kappa shape index (κ3) is 5.56. The number of benzene rings is 10. The quantitative estimate of drug-likeness (QED) is 0.155. The van der Waals surface area contributed by atoms with Crippen LogP contribution in [0.4, 0.5) is 17.1 Å². The van der Waals surface area contributed by atoms with E-state index in [1.165, 1.54) is 77.9 Å². The second-order valence-electron chi connectivity index (χ2n) is 16.8. The standard InChI is InChI=1S/C62H43N/c1-5-19-44(20-6-1)45-33-35-46(36-34-45)47-37-39-51(40-38-47)63(50-25-11-4-12-26-50)52-41-42-56-54(43-52)53-27-13-14-28-55(53)62(56)59-31-17-15-29-57(59)61(48-21-7-2-8-22-48,49-23-9-3-10-24-49)58-30-16-18-32-60(58)62/h1-43H. The van der Waals surface area contributed by atoms with Gasteiger partial charge in [0.25, 0.3) is 0 Å². The van der Waals surface area contributed by atoms with E-state index in [2.05, 4.69) is 266 Å². The summed E-state index contributed by atoms with van der Waals surface area (Å²) in [5.41, 5.74) is 20.1. The Bertz CT molecular complexity index is 3160. The van der Waals surface area contributed by atoms with Gasteiger partial charge in [0.15, 0.2) is 0 Å². The number of hydrogen-bond acceptors (Lipinski definition) is 1. The number of nitrogens with zero attached hydrogens (tertiary/aromatic N) is 1. The van der Waals surface area contributed by atoms with E-state index in [9.17, 15) is 0 Å². The summed E-state index contributed by atoms with van der Waals surface area (Å²) in [6.45, 7) is 0. The average Bonchev–Trinajstić information content (AvgIpc) is 3.66. The van der Waals surface area contributed by atoms with Gasteiger partial charge in [-0.25, -0.2) is 0 Å². The van der Waals surface area contributed by atoms with E-state index >= 15 is 0 Å². The zero-order valence-electron chi connectivity index (χ0n) is 34.8. The van der Waals surface area contributed by atoms with Crippen LogP contribution < -0.4 is 4.90 Å². The monoisotopic (exact) mass is 801 g/mol. The lowest BCUT2D eigenvalue weighted by molar-refractivity contribution is 0.623. The number of anilines is 3. The number of para-hydroxylation sites is 1. The van der Waals surface area contributed by atoms with Crippen LogP contribution in [0, 0.1) is 0 Å². The fourth-order valence-corrected chi connectivity index (χ4v) is 11.0. The SMILES string of the molecule is c1ccc(-c2ccc(-c3ccc(N(c4ccccc4)c4ccc5c(c4)-c4ccccc4C54c5ccccc5C(c5ccccc5)(c5ccccc5)c5ccccc54)cc3)cc2)cc1. The summed E-state index contributed by atoms with van der Waals surface area (Å²) < 4.78 is 0. The Kier molecular flexibility index (Phi) is 8.69. The number of hydrogen-bond donors (Lipinski definition) is 0. The van der Waals surface area contributed by atoms with Crippen molar-refractivity contribution in [2.75, 3.05) is 4.90 Å². The third-order valence-electron chi connectivity index (χ3n) is 13.6. The Morgan fingerprint density at radius 2 is 0.571 bits per heavy atom. The van der Waals surface area contributed by atoms with Gasteiger partial charge in [-0.05, 0) is 114 Å². The normalized spacial score (nSPS) is 13.7. The molecule has 63 heavy (non-hydrogen) atoms. The number of rotatable bonds is 7. The Morgan fingerprint density at radius 1 is 0.222 bits per heavy atom. The first-order valence-corrected chi connectivity index (χ1v) is 21.9. The first kappa shape index (κ1) is 36.8. The molecule has 0 saturated heterocycles. The van der Waals surface area contributed by atoms with Gasteiger partial charge >= 0.3 is 0 Å². The predicted molar refractivity (Wildman–Crippen MR) is 261 cm³/mol. The molecule has 0 saturated carbocycles. The van der Waals surface area contributed by atoms with Crippen LogP contribution in [0.15, 0.2) is 261 Å². The van der Waals surface area contributed by atoms with Gasteiger partial charge < -0.3 is 4.90 Å². The summed E-state index contributed by atoms with van der Waals surface area (Å²) in [7, 11) is 0. The second-order valence-corrected chi connectivity index (χ2v) is 16.8. The summed E-state index contributed by atoms with van der Waals surface area (Å²) in [6, 6.07) is 96.4. The van der Waals surface area contributed by atoms with Gasteiger partial charge in [-0.2, -0.15) is 0 Å². The van der Waals surface area contributed by atoms with Gasteiger partial charge in [-0.1, -0.05) is 224 Å². The van der Waals surface area contributed by atoms with E-state index in [1.807, 2.05) is 0 Å². The highest BCUT2D eigenvalue weighted by atomic mass is 15.1. The van der Waals surface area contributed by atoms with Crippen molar-refractivity contribution in [3.63, 3.8) is 0 Å². The Hall–Kier alpha value is -8.00. The maximum absolute atomic E-state index is 2.44. The largest absolute Gasteiger partial charge is 0.310 e. The van der Waals surface area contributed by atoms with Crippen molar-refractivity contribution in [1.29, 1.82) is 0 Å². The molecule has 12 rings (SSSR count). The lowest BCUT2D eigenvalue weighted by atomic mass is 9.51. The molecule has 10 aromatic rings. The minimum Gasteiger partial charge on any atom is -0.310 e. The van der Waals surface area contributed by atoms with Crippen LogP contribution in [0.1, 0.15) is 44.5 Å². The van der Waals surface area contributed by atoms with Crippen LogP contribution >= 0.6 is 0 Å². The molecule has 0 fully saturated rings. The van der Waals surface area contributed by atoms with E-state index in [0.717, 1.165) is 17.1 Å². The molecule has 0 unspecified atom stereocenters. The lowest BCUT2D eigenvalue weighted by Crippen LogP contribution is -2.44. The Morgan fingerprint density at radius 3 is 1.10 bits per heavy atom. The van der Waals surface area contributed by atoms with Gasteiger partial charge in [-0.3, -0.25) is 0 Å². The van der Waals surface area contributed by atoms with Crippen LogP contribution in [-0.4, -0.2) is 0 Å². The summed E-state index contributed by atoms with van der Waals surface area (Å²) in [5, 5.41) is 0. The molecule has 0 radical (unpaired) electrons. The molecule has 1 spiro atoms. The third-order valence-corrected chi connectivity index (χ3v) is 13.6. The molecule has 0 N–H and O–H groups in total. The zero-order chi connectivity index (χ0) is 41.8. The minimum atomic E-state index is -0.542. The number of fused-ring (bicyclic) bond motifs is 9. The molecule has 2 aliphatic carbocycles. The molecule has 0 bridgehead atoms. The van der Waals surface area contributed by atoms with Crippen LogP contribution in [0.25, 0.3) is 33.4 Å². The fourth-order valence-electron chi connectivity index (χ4n) is 11.0. The van der Waals surface area contributed by atoms with Crippen molar-refractivity contribution < 1.29 is 0 Å². The molecule has 296 valence electrons. The van der Waals surface area contributed by atoms with Crippen molar-refractivity contribution in [2.45, 2.75) is 10.8 Å². The molecule has 0 aliphatic heterocycles. The van der Waals surface area contributed by atoms with Crippen LogP contribution in [0.5, 0.6) is 0 Å². The predicted octanol–water partition coefficient (Wildman–Crippen LogP) is 15.5. The molecule has 2 aliphatic rings. The van der Waals surface area contributed by atoms with Gasteiger partial charge in [0.1, 0.15) is 0 Å². The highest BCUT2D eigenvalue weighted by molar-refractivity contribution is 5.92. The van der Waals surface area contributed by atoms with Gasteiger partial charge in [-0.15, -0.1) is 0 Å². The smallest absolute Gasteiger partial charge is 0.0720 e. The molecular formula is C62H43N. The highest BCUT2D eigenvalue weighted by Crippen LogP contribution is 2.64. The molecule has 0 amide bonds. The summed E-state index contributed by atoms with van der Waals surface area (Å²) in [6.07, 6.45) is 0. The average molecular weight is 802 g/mol. The van der Waals surface area contributed by atoms with Crippen molar-refractivity contribution in [3.05, 3.63) is 305 Å². The molecule has 1 heteroatoms. The van der Waals surface area contributed by atoms with Crippen LogP contribution in [0.2, 0.25) is 0 Å². The van der Waals surface area contributed by atoms with Crippen molar-refractivity contribution >= 4 is 17.1 Å². The molecule has 0 atom stereocenters.